The van der Waals surface area contributed by atoms with E-state index in [0.29, 0.717) is 0 Å². The van der Waals surface area contributed by atoms with Gasteiger partial charge in [-0.2, -0.15) is 0 Å². The Morgan fingerprint density at radius 1 is 0.533 bits per heavy atom. The van der Waals surface area contributed by atoms with E-state index in [-0.39, 0.29) is 0 Å². The Labute approximate surface area is 179 Å². The van der Waals surface area contributed by atoms with Gasteiger partial charge >= 0.3 is 0 Å². The van der Waals surface area contributed by atoms with Gasteiger partial charge in [0.05, 0.1) is 0 Å². The smallest absolute Gasteiger partial charge is 0.00999 e. The van der Waals surface area contributed by atoms with Crippen LogP contribution in [0.1, 0.15) is 33.4 Å². The van der Waals surface area contributed by atoms with Crippen molar-refractivity contribution < 1.29 is 0 Å². The summed E-state index contributed by atoms with van der Waals surface area (Å²) in [5, 5.41) is 8.22. The Bertz CT molecular complexity index is 1420. The van der Waals surface area contributed by atoms with E-state index < -0.39 is 0 Å². The molecule has 5 rings (SSSR count). The standard InChI is InChI=1S/C30H28/c1-19-9-12-25-14-11-23(18-29(25)21(19)3)10-13-24-15-16-28-27-8-6-5-7-26(27)17-20(2)30(28)22(24)4/h5-9,11-12,14-18H,10,13H2,1-4H3. The predicted octanol–water partition coefficient (Wildman–Crippen LogP) is 8.17. The van der Waals surface area contributed by atoms with E-state index >= 15 is 0 Å². The lowest BCUT2D eigenvalue weighted by atomic mass is 9.90. The zero-order chi connectivity index (χ0) is 20.8. The van der Waals surface area contributed by atoms with E-state index in [1.807, 2.05) is 0 Å². The summed E-state index contributed by atoms with van der Waals surface area (Å²) in [6.45, 7) is 8.99. The Balaban J connectivity index is 1.52. The van der Waals surface area contributed by atoms with Crippen LogP contribution in [-0.4, -0.2) is 0 Å². The van der Waals surface area contributed by atoms with Crippen LogP contribution in [0.25, 0.3) is 32.3 Å². The van der Waals surface area contributed by atoms with Gasteiger partial charge in [0.2, 0.25) is 0 Å². The van der Waals surface area contributed by atoms with Crippen molar-refractivity contribution in [3.05, 3.63) is 106 Å². The van der Waals surface area contributed by atoms with Gasteiger partial charge in [0.1, 0.15) is 0 Å². The van der Waals surface area contributed by atoms with Crippen LogP contribution in [0.4, 0.5) is 0 Å². The zero-order valence-corrected chi connectivity index (χ0v) is 18.3. The van der Waals surface area contributed by atoms with Crippen LogP contribution in [0.5, 0.6) is 0 Å². The molecular formula is C30H28. The molecule has 148 valence electrons. The average molecular weight is 389 g/mol. The molecule has 0 aliphatic carbocycles. The fraction of sp³-hybridized carbons (Fsp3) is 0.200. The molecule has 5 aromatic carbocycles. The van der Waals surface area contributed by atoms with E-state index in [2.05, 4.69) is 100 Å². The first-order valence-corrected chi connectivity index (χ1v) is 10.9. The number of aryl methyl sites for hydroxylation is 6. The Kier molecular flexibility index (Phi) is 4.59. The van der Waals surface area contributed by atoms with E-state index in [0.717, 1.165) is 12.8 Å². The molecule has 0 spiro atoms. The summed E-state index contributed by atoms with van der Waals surface area (Å²) in [7, 11) is 0. The minimum Gasteiger partial charge on any atom is -0.0616 e. The highest BCUT2D eigenvalue weighted by Crippen LogP contribution is 2.33. The minimum atomic E-state index is 1.07. The van der Waals surface area contributed by atoms with Crippen LogP contribution >= 0.6 is 0 Å². The van der Waals surface area contributed by atoms with Crippen molar-refractivity contribution in [3.63, 3.8) is 0 Å². The second kappa shape index (κ2) is 7.29. The lowest BCUT2D eigenvalue weighted by molar-refractivity contribution is 0.954. The summed E-state index contributed by atoms with van der Waals surface area (Å²) >= 11 is 0. The van der Waals surface area contributed by atoms with E-state index in [1.165, 1.54) is 65.7 Å². The summed E-state index contributed by atoms with van der Waals surface area (Å²) in [4.78, 5) is 0. The SMILES string of the molecule is Cc1ccc2ccc(CCc3ccc4c(c(C)cc5ccccc54)c3C)cc2c1C. The Morgan fingerprint density at radius 3 is 2.20 bits per heavy atom. The summed E-state index contributed by atoms with van der Waals surface area (Å²) in [6.07, 6.45) is 2.15. The summed E-state index contributed by atoms with van der Waals surface area (Å²) in [5.41, 5.74) is 8.46. The molecule has 0 aliphatic rings. The maximum absolute atomic E-state index is 2.40. The predicted molar refractivity (Wildman–Crippen MR) is 132 cm³/mol. The van der Waals surface area contributed by atoms with Crippen molar-refractivity contribution >= 4 is 32.3 Å². The molecular weight excluding hydrogens is 360 g/mol. The molecule has 0 amide bonds. The van der Waals surface area contributed by atoms with Gasteiger partial charge in [0.15, 0.2) is 0 Å². The van der Waals surface area contributed by atoms with Crippen molar-refractivity contribution in [1.82, 2.24) is 0 Å². The largest absolute Gasteiger partial charge is 0.0616 e. The van der Waals surface area contributed by atoms with Gasteiger partial charge in [-0.3, -0.25) is 0 Å². The van der Waals surface area contributed by atoms with Crippen LogP contribution < -0.4 is 0 Å². The fourth-order valence-corrected chi connectivity index (χ4v) is 4.99. The molecule has 0 bridgehead atoms. The van der Waals surface area contributed by atoms with Crippen LogP contribution in [0, 0.1) is 27.7 Å². The second-order valence-corrected chi connectivity index (χ2v) is 8.75. The third kappa shape index (κ3) is 3.08. The first-order valence-electron chi connectivity index (χ1n) is 10.9. The molecule has 0 aromatic heterocycles. The van der Waals surface area contributed by atoms with Gasteiger partial charge in [-0.25, -0.2) is 0 Å². The molecule has 0 atom stereocenters. The lowest BCUT2D eigenvalue weighted by Gasteiger charge is -2.15. The molecule has 0 heteroatoms. The molecule has 5 aromatic rings. The number of hydrogen-bond donors (Lipinski definition) is 0. The lowest BCUT2D eigenvalue weighted by Crippen LogP contribution is -1.97. The third-order valence-electron chi connectivity index (χ3n) is 6.90. The van der Waals surface area contributed by atoms with Crippen molar-refractivity contribution in [2.45, 2.75) is 40.5 Å². The first kappa shape index (κ1) is 18.9. The average Bonchev–Trinajstić information content (AvgIpc) is 2.76. The highest BCUT2D eigenvalue weighted by Gasteiger charge is 2.10. The highest BCUT2D eigenvalue weighted by molar-refractivity contribution is 6.10. The van der Waals surface area contributed by atoms with Crippen LogP contribution in [0.3, 0.4) is 0 Å². The van der Waals surface area contributed by atoms with Crippen molar-refractivity contribution in [1.29, 1.82) is 0 Å². The molecule has 0 heterocycles. The van der Waals surface area contributed by atoms with Gasteiger partial charge in [0, 0.05) is 0 Å². The molecule has 0 unspecified atom stereocenters. The summed E-state index contributed by atoms with van der Waals surface area (Å²) in [5.74, 6) is 0. The van der Waals surface area contributed by atoms with Gasteiger partial charge in [-0.1, -0.05) is 72.8 Å². The molecule has 0 nitrogen and oxygen atoms in total. The van der Waals surface area contributed by atoms with E-state index in [1.54, 1.807) is 0 Å². The Morgan fingerprint density at radius 2 is 1.33 bits per heavy atom. The maximum Gasteiger partial charge on any atom is -0.00999 e. The summed E-state index contributed by atoms with van der Waals surface area (Å²) < 4.78 is 0. The minimum absolute atomic E-state index is 1.07. The summed E-state index contributed by atoms with van der Waals surface area (Å²) in [6, 6.07) is 27.2. The van der Waals surface area contributed by atoms with Gasteiger partial charge in [0.25, 0.3) is 0 Å². The quantitative estimate of drug-likeness (QED) is 0.273. The monoisotopic (exact) mass is 388 g/mol. The molecule has 30 heavy (non-hydrogen) atoms. The topological polar surface area (TPSA) is 0 Å². The first-order chi connectivity index (χ1) is 14.5. The van der Waals surface area contributed by atoms with Crippen molar-refractivity contribution in [2.75, 3.05) is 0 Å². The highest BCUT2D eigenvalue weighted by atomic mass is 14.1. The number of fused-ring (bicyclic) bond motifs is 4. The molecule has 0 aliphatic heterocycles. The molecule has 0 saturated heterocycles. The zero-order valence-electron chi connectivity index (χ0n) is 18.3. The normalized spacial score (nSPS) is 11.6. The maximum atomic E-state index is 2.40. The number of hydrogen-bond acceptors (Lipinski definition) is 0. The Hall–Kier alpha value is -3.12. The molecule has 0 saturated carbocycles. The third-order valence-corrected chi connectivity index (χ3v) is 6.90. The fourth-order valence-electron chi connectivity index (χ4n) is 4.99. The molecule has 0 fully saturated rings. The van der Waals surface area contributed by atoms with Gasteiger partial charge in [-0.05, 0) is 106 Å². The van der Waals surface area contributed by atoms with Crippen LogP contribution in [0.2, 0.25) is 0 Å². The van der Waals surface area contributed by atoms with E-state index in [9.17, 15) is 0 Å². The number of rotatable bonds is 3. The molecule has 0 N–H and O–H groups in total. The van der Waals surface area contributed by atoms with Crippen LogP contribution in [-0.2, 0) is 12.8 Å². The van der Waals surface area contributed by atoms with Gasteiger partial charge in [-0.15, -0.1) is 0 Å². The van der Waals surface area contributed by atoms with E-state index in [4.69, 9.17) is 0 Å². The van der Waals surface area contributed by atoms with Crippen LogP contribution in [0.15, 0.2) is 72.8 Å². The van der Waals surface area contributed by atoms with Crippen molar-refractivity contribution in [2.24, 2.45) is 0 Å². The number of benzene rings is 5. The molecule has 0 radical (unpaired) electrons. The van der Waals surface area contributed by atoms with Gasteiger partial charge < -0.3 is 0 Å². The van der Waals surface area contributed by atoms with Crippen molar-refractivity contribution in [3.8, 4) is 0 Å². The second-order valence-electron chi connectivity index (χ2n) is 8.75.